The molecule has 0 bridgehead atoms. The summed E-state index contributed by atoms with van der Waals surface area (Å²) in [7, 11) is 0. The van der Waals surface area contributed by atoms with Crippen LogP contribution in [0.5, 0.6) is 0 Å². The van der Waals surface area contributed by atoms with Gasteiger partial charge in [-0.05, 0) is 11.4 Å². The molecule has 3 rings (SSSR count). The standard InChI is InChI=1S/C14H11N3O2S/c18-17(19)9-11-8-15-13(10-4-2-1-3-5-10)14-12(16-11)6-7-20-14/h1-7H,8-9H2. The summed E-state index contributed by atoms with van der Waals surface area (Å²) in [6, 6.07) is 11.7. The van der Waals surface area contributed by atoms with Crippen LogP contribution in [0, 0.1) is 10.1 Å². The van der Waals surface area contributed by atoms with Gasteiger partial charge >= 0.3 is 0 Å². The third kappa shape index (κ3) is 2.50. The number of hydrogen-bond donors (Lipinski definition) is 0. The van der Waals surface area contributed by atoms with Crippen molar-refractivity contribution in [3.63, 3.8) is 0 Å². The highest BCUT2D eigenvalue weighted by atomic mass is 32.1. The van der Waals surface area contributed by atoms with Crippen molar-refractivity contribution < 1.29 is 4.92 Å². The van der Waals surface area contributed by atoms with Gasteiger partial charge in [0.25, 0.3) is 0 Å². The third-order valence-corrected chi connectivity index (χ3v) is 3.83. The molecule has 1 aliphatic rings. The first-order chi connectivity index (χ1) is 9.74. The summed E-state index contributed by atoms with van der Waals surface area (Å²) in [6.07, 6.45) is 0. The Hall–Kier alpha value is -2.34. The Morgan fingerprint density at radius 2 is 2.05 bits per heavy atom. The van der Waals surface area contributed by atoms with E-state index in [1.165, 1.54) is 0 Å². The minimum atomic E-state index is -0.367. The average Bonchev–Trinajstić information content (AvgIpc) is 2.81. The van der Waals surface area contributed by atoms with Crippen LogP contribution >= 0.6 is 11.3 Å². The normalized spacial score (nSPS) is 14.0. The van der Waals surface area contributed by atoms with Crippen LogP contribution in [0.2, 0.25) is 0 Å². The molecule has 0 saturated carbocycles. The van der Waals surface area contributed by atoms with Crippen molar-refractivity contribution in [3.8, 4) is 0 Å². The highest BCUT2D eigenvalue weighted by Gasteiger charge is 2.19. The summed E-state index contributed by atoms with van der Waals surface area (Å²) in [5.41, 5.74) is 3.12. The number of fused-ring (bicyclic) bond motifs is 1. The maximum absolute atomic E-state index is 10.7. The lowest BCUT2D eigenvalue weighted by molar-refractivity contribution is -0.463. The van der Waals surface area contributed by atoms with Crippen LogP contribution in [0.25, 0.3) is 0 Å². The van der Waals surface area contributed by atoms with Gasteiger partial charge in [0.15, 0.2) is 0 Å². The molecule has 1 aromatic heterocycles. The molecular formula is C14H11N3O2S. The number of nitro groups is 1. The van der Waals surface area contributed by atoms with Gasteiger partial charge in [-0.1, -0.05) is 30.3 Å². The van der Waals surface area contributed by atoms with Crippen molar-refractivity contribution in [1.82, 2.24) is 0 Å². The zero-order valence-electron chi connectivity index (χ0n) is 10.5. The first kappa shape index (κ1) is 12.7. The first-order valence-electron chi connectivity index (χ1n) is 6.10. The molecular weight excluding hydrogens is 274 g/mol. The summed E-state index contributed by atoms with van der Waals surface area (Å²) < 4.78 is 0. The highest BCUT2D eigenvalue weighted by Crippen LogP contribution is 2.30. The molecule has 0 spiro atoms. The quantitative estimate of drug-likeness (QED) is 0.642. The van der Waals surface area contributed by atoms with Gasteiger partial charge in [-0.2, -0.15) is 0 Å². The molecule has 0 saturated heterocycles. The van der Waals surface area contributed by atoms with Crippen LogP contribution in [-0.2, 0) is 0 Å². The lowest BCUT2D eigenvalue weighted by Crippen LogP contribution is -2.16. The van der Waals surface area contributed by atoms with Crippen LogP contribution < -0.4 is 0 Å². The van der Waals surface area contributed by atoms with Gasteiger partial charge in [-0.25, -0.2) is 4.99 Å². The molecule has 20 heavy (non-hydrogen) atoms. The van der Waals surface area contributed by atoms with Crippen LogP contribution in [0.4, 0.5) is 5.69 Å². The van der Waals surface area contributed by atoms with Crippen LogP contribution in [0.15, 0.2) is 51.8 Å². The van der Waals surface area contributed by atoms with E-state index in [0.29, 0.717) is 5.71 Å². The molecule has 2 heterocycles. The molecule has 1 aromatic carbocycles. The van der Waals surface area contributed by atoms with Gasteiger partial charge in [0, 0.05) is 10.5 Å². The van der Waals surface area contributed by atoms with E-state index >= 15 is 0 Å². The van der Waals surface area contributed by atoms with E-state index < -0.39 is 0 Å². The number of aliphatic imine (C=N–C) groups is 2. The van der Waals surface area contributed by atoms with Crippen molar-refractivity contribution in [2.45, 2.75) is 0 Å². The molecule has 0 radical (unpaired) electrons. The van der Waals surface area contributed by atoms with Gasteiger partial charge in [0.05, 0.1) is 22.8 Å². The predicted molar refractivity (Wildman–Crippen MR) is 80.2 cm³/mol. The minimum absolute atomic E-state index is 0.263. The summed E-state index contributed by atoms with van der Waals surface area (Å²) in [4.78, 5) is 20.2. The number of thiophene rings is 1. The Morgan fingerprint density at radius 3 is 2.80 bits per heavy atom. The van der Waals surface area contributed by atoms with E-state index in [1.54, 1.807) is 11.3 Å². The minimum Gasteiger partial charge on any atom is -0.277 e. The summed E-state index contributed by atoms with van der Waals surface area (Å²) in [6.45, 7) is 0.00740. The zero-order valence-corrected chi connectivity index (χ0v) is 11.3. The SMILES string of the molecule is O=[N+]([O-])CC1=Nc2ccsc2C(c2ccccc2)=NC1. The molecule has 0 fully saturated rings. The van der Waals surface area contributed by atoms with Crippen LogP contribution in [0.3, 0.4) is 0 Å². The fourth-order valence-corrected chi connectivity index (χ4v) is 2.93. The second-order valence-corrected chi connectivity index (χ2v) is 5.25. The van der Waals surface area contributed by atoms with Crippen molar-refractivity contribution in [2.24, 2.45) is 9.98 Å². The van der Waals surface area contributed by atoms with Crippen molar-refractivity contribution in [2.75, 3.05) is 13.1 Å². The highest BCUT2D eigenvalue weighted by molar-refractivity contribution is 7.13. The second kappa shape index (κ2) is 5.34. The van der Waals surface area contributed by atoms with E-state index in [4.69, 9.17) is 0 Å². The molecule has 100 valence electrons. The van der Waals surface area contributed by atoms with Crippen molar-refractivity contribution >= 4 is 28.4 Å². The van der Waals surface area contributed by atoms with Gasteiger partial charge in [-0.15, -0.1) is 11.3 Å². The second-order valence-electron chi connectivity index (χ2n) is 4.33. The average molecular weight is 285 g/mol. The smallest absolute Gasteiger partial charge is 0.243 e. The molecule has 0 aliphatic carbocycles. The van der Waals surface area contributed by atoms with Crippen LogP contribution in [0.1, 0.15) is 10.4 Å². The molecule has 6 heteroatoms. The Kier molecular flexibility index (Phi) is 3.39. The van der Waals surface area contributed by atoms with E-state index in [0.717, 1.165) is 21.8 Å². The maximum atomic E-state index is 10.7. The van der Waals surface area contributed by atoms with Gasteiger partial charge in [-0.3, -0.25) is 15.1 Å². The van der Waals surface area contributed by atoms with Gasteiger partial charge in [0.2, 0.25) is 6.54 Å². The fraction of sp³-hybridized carbons (Fsp3) is 0.143. The van der Waals surface area contributed by atoms with Gasteiger partial charge in [0.1, 0.15) is 5.71 Å². The molecule has 0 atom stereocenters. The monoisotopic (exact) mass is 285 g/mol. The Morgan fingerprint density at radius 1 is 1.25 bits per heavy atom. The van der Waals surface area contributed by atoms with Crippen molar-refractivity contribution in [3.05, 3.63) is 62.3 Å². The van der Waals surface area contributed by atoms with Gasteiger partial charge < -0.3 is 0 Å². The summed E-state index contributed by atoms with van der Waals surface area (Å²) >= 11 is 1.55. The first-order valence-corrected chi connectivity index (χ1v) is 6.98. The number of rotatable bonds is 3. The fourth-order valence-electron chi connectivity index (χ4n) is 2.07. The lowest BCUT2D eigenvalue weighted by Gasteiger charge is -2.03. The Balaban J connectivity index is 2.04. The number of nitrogens with zero attached hydrogens (tertiary/aromatic N) is 3. The number of benzene rings is 1. The van der Waals surface area contributed by atoms with Crippen molar-refractivity contribution in [1.29, 1.82) is 0 Å². The summed E-state index contributed by atoms with van der Waals surface area (Å²) in [5.74, 6) is 0. The largest absolute Gasteiger partial charge is 0.277 e. The molecule has 1 aliphatic heterocycles. The summed E-state index contributed by atoms with van der Waals surface area (Å²) in [5, 5.41) is 12.6. The molecule has 0 N–H and O–H groups in total. The number of hydrogen-bond acceptors (Lipinski definition) is 5. The molecule has 0 amide bonds. The van der Waals surface area contributed by atoms with E-state index in [1.807, 2.05) is 41.8 Å². The third-order valence-electron chi connectivity index (χ3n) is 2.92. The molecule has 0 unspecified atom stereocenters. The van der Waals surface area contributed by atoms with Crippen LogP contribution in [-0.4, -0.2) is 29.4 Å². The topological polar surface area (TPSA) is 67.9 Å². The zero-order chi connectivity index (χ0) is 13.9. The Bertz CT molecular complexity index is 704. The predicted octanol–water partition coefficient (Wildman–Crippen LogP) is 2.95. The van der Waals surface area contributed by atoms with E-state index in [2.05, 4.69) is 9.98 Å². The molecule has 2 aromatic rings. The maximum Gasteiger partial charge on any atom is 0.243 e. The van der Waals surface area contributed by atoms with E-state index in [9.17, 15) is 10.1 Å². The lowest BCUT2D eigenvalue weighted by atomic mass is 10.1. The van der Waals surface area contributed by atoms with E-state index in [-0.39, 0.29) is 18.0 Å². The molecule has 5 nitrogen and oxygen atoms in total. The Labute approximate surface area is 119 Å².